The summed E-state index contributed by atoms with van der Waals surface area (Å²) in [7, 11) is 0. The van der Waals surface area contributed by atoms with E-state index in [9.17, 15) is 0 Å². The first-order valence-electron chi connectivity index (χ1n) is 8.69. The summed E-state index contributed by atoms with van der Waals surface area (Å²) >= 11 is 9.77. The Morgan fingerprint density at radius 2 is 2.08 bits per heavy atom. The zero-order valence-electron chi connectivity index (χ0n) is 14.4. The Kier molecular flexibility index (Phi) is 7.02. The van der Waals surface area contributed by atoms with Crippen LogP contribution in [0.2, 0.25) is 4.34 Å². The fourth-order valence-electron chi connectivity index (χ4n) is 2.88. The number of halogens is 1. The van der Waals surface area contributed by atoms with Crippen molar-refractivity contribution in [2.75, 3.05) is 0 Å². The van der Waals surface area contributed by atoms with Gasteiger partial charge in [-0.25, -0.2) is 4.98 Å². The van der Waals surface area contributed by atoms with Crippen LogP contribution in [-0.4, -0.2) is 14.8 Å². The van der Waals surface area contributed by atoms with E-state index < -0.39 is 0 Å². The normalized spacial score (nSPS) is 12.4. The van der Waals surface area contributed by atoms with Gasteiger partial charge in [0.1, 0.15) is 0 Å². The van der Waals surface area contributed by atoms with E-state index in [0.29, 0.717) is 5.25 Å². The second-order valence-corrected chi connectivity index (χ2v) is 9.24. The van der Waals surface area contributed by atoms with Gasteiger partial charge in [0.2, 0.25) is 0 Å². The van der Waals surface area contributed by atoms with Crippen molar-refractivity contribution in [1.82, 2.24) is 9.55 Å². The van der Waals surface area contributed by atoms with Crippen LogP contribution in [0.1, 0.15) is 30.2 Å². The van der Waals surface area contributed by atoms with Crippen LogP contribution in [0.5, 0.6) is 0 Å². The predicted molar refractivity (Wildman–Crippen MR) is 110 cm³/mol. The van der Waals surface area contributed by atoms with Gasteiger partial charge in [-0.2, -0.15) is 0 Å². The SMILES string of the molecule is CCCc1ccccc1SC(CCc1ccc(Cl)s1)Cn1ccnc1. The Labute approximate surface area is 163 Å². The maximum atomic E-state index is 6.08. The average molecular weight is 391 g/mol. The minimum Gasteiger partial charge on any atom is -0.336 e. The molecule has 1 unspecified atom stereocenters. The van der Waals surface area contributed by atoms with Crippen molar-refractivity contribution in [2.45, 2.75) is 49.3 Å². The molecule has 0 saturated heterocycles. The number of benzene rings is 1. The summed E-state index contributed by atoms with van der Waals surface area (Å²) in [5, 5.41) is 0.507. The van der Waals surface area contributed by atoms with Gasteiger partial charge in [-0.3, -0.25) is 0 Å². The number of hydrogen-bond donors (Lipinski definition) is 0. The molecule has 3 rings (SSSR count). The number of aromatic nitrogens is 2. The van der Waals surface area contributed by atoms with E-state index >= 15 is 0 Å². The molecule has 1 aromatic carbocycles. The Morgan fingerprint density at radius 1 is 1.20 bits per heavy atom. The number of aryl methyl sites for hydroxylation is 2. The molecule has 0 fully saturated rings. The molecule has 0 N–H and O–H groups in total. The number of imidazole rings is 1. The van der Waals surface area contributed by atoms with Gasteiger partial charge in [-0.05, 0) is 43.0 Å². The van der Waals surface area contributed by atoms with E-state index in [1.54, 1.807) is 11.3 Å². The maximum absolute atomic E-state index is 6.08. The summed E-state index contributed by atoms with van der Waals surface area (Å²) in [6, 6.07) is 13.0. The minimum absolute atomic E-state index is 0.507. The molecule has 0 bridgehead atoms. The second-order valence-electron chi connectivity index (χ2n) is 6.10. The molecule has 2 aromatic heterocycles. The lowest BCUT2D eigenvalue weighted by Crippen LogP contribution is -2.13. The van der Waals surface area contributed by atoms with Gasteiger partial charge in [-0.15, -0.1) is 23.1 Å². The summed E-state index contributed by atoms with van der Waals surface area (Å²) in [5.74, 6) is 0. The first-order valence-corrected chi connectivity index (χ1v) is 10.8. The average Bonchev–Trinajstić information content (AvgIpc) is 3.26. The molecule has 2 heterocycles. The second kappa shape index (κ2) is 9.46. The number of thioether (sulfide) groups is 1. The maximum Gasteiger partial charge on any atom is 0.0946 e. The summed E-state index contributed by atoms with van der Waals surface area (Å²) in [4.78, 5) is 6.97. The molecule has 0 spiro atoms. The summed E-state index contributed by atoms with van der Waals surface area (Å²) in [6.07, 6.45) is 10.3. The molecule has 0 radical (unpaired) electrons. The number of nitrogens with zero attached hydrogens (tertiary/aromatic N) is 2. The first-order chi connectivity index (χ1) is 12.2. The van der Waals surface area contributed by atoms with E-state index in [1.165, 1.54) is 21.8 Å². The highest BCUT2D eigenvalue weighted by molar-refractivity contribution is 8.00. The highest BCUT2D eigenvalue weighted by Crippen LogP contribution is 2.32. The van der Waals surface area contributed by atoms with Crippen molar-refractivity contribution in [3.8, 4) is 0 Å². The highest BCUT2D eigenvalue weighted by atomic mass is 35.5. The molecule has 132 valence electrons. The molecule has 3 aromatic rings. The van der Waals surface area contributed by atoms with Gasteiger partial charge in [0.15, 0.2) is 0 Å². The lowest BCUT2D eigenvalue weighted by atomic mass is 10.1. The zero-order chi connectivity index (χ0) is 17.5. The van der Waals surface area contributed by atoms with Crippen LogP contribution in [0.25, 0.3) is 0 Å². The van der Waals surface area contributed by atoms with Crippen molar-refractivity contribution in [3.63, 3.8) is 0 Å². The van der Waals surface area contributed by atoms with Gasteiger partial charge in [0.05, 0.1) is 10.7 Å². The van der Waals surface area contributed by atoms with Crippen molar-refractivity contribution >= 4 is 34.7 Å². The third kappa shape index (κ3) is 5.63. The van der Waals surface area contributed by atoms with Crippen LogP contribution < -0.4 is 0 Å². The van der Waals surface area contributed by atoms with Crippen molar-refractivity contribution in [2.24, 2.45) is 0 Å². The van der Waals surface area contributed by atoms with Gasteiger partial charge >= 0.3 is 0 Å². The molecule has 0 aliphatic heterocycles. The fraction of sp³-hybridized carbons (Fsp3) is 0.350. The van der Waals surface area contributed by atoms with Gasteiger partial charge in [0.25, 0.3) is 0 Å². The number of thiophene rings is 1. The molecule has 0 aliphatic rings. The zero-order valence-corrected chi connectivity index (χ0v) is 16.8. The lowest BCUT2D eigenvalue weighted by molar-refractivity contribution is 0.625. The van der Waals surface area contributed by atoms with Crippen LogP contribution in [0.4, 0.5) is 0 Å². The molecule has 1 atom stereocenters. The standard InChI is InChI=1S/C20H23ClN2S2/c1-2-5-16-6-3-4-7-19(16)24-18(14-23-13-12-22-15-23)9-8-17-10-11-20(21)25-17/h3-4,6-7,10-13,15,18H,2,5,8-9,14H2,1H3. The summed E-state index contributed by atoms with van der Waals surface area (Å²) in [6.45, 7) is 3.22. The Hall–Kier alpha value is -1.23. The Balaban J connectivity index is 1.71. The molecule has 0 amide bonds. The summed E-state index contributed by atoms with van der Waals surface area (Å²) in [5.41, 5.74) is 1.46. The molecule has 0 saturated carbocycles. The molecule has 25 heavy (non-hydrogen) atoms. The van der Waals surface area contributed by atoms with Gasteiger partial charge < -0.3 is 4.57 Å². The molecule has 2 nitrogen and oxygen atoms in total. The van der Waals surface area contributed by atoms with E-state index in [4.69, 9.17) is 11.6 Å². The van der Waals surface area contributed by atoms with Crippen LogP contribution in [-0.2, 0) is 19.4 Å². The van der Waals surface area contributed by atoms with Gasteiger partial charge in [0, 0.05) is 34.0 Å². The van der Waals surface area contributed by atoms with Crippen molar-refractivity contribution < 1.29 is 0 Å². The highest BCUT2D eigenvalue weighted by Gasteiger charge is 2.14. The number of rotatable bonds is 9. The topological polar surface area (TPSA) is 17.8 Å². The Bertz CT molecular complexity index is 768. The van der Waals surface area contributed by atoms with E-state index in [2.05, 4.69) is 46.8 Å². The third-order valence-electron chi connectivity index (χ3n) is 4.10. The molecule has 5 heteroatoms. The van der Waals surface area contributed by atoms with Crippen LogP contribution >= 0.6 is 34.7 Å². The first kappa shape index (κ1) is 18.6. The molecular weight excluding hydrogens is 368 g/mol. The van der Waals surface area contributed by atoms with Gasteiger partial charge in [-0.1, -0.05) is 43.1 Å². The van der Waals surface area contributed by atoms with Crippen molar-refractivity contribution in [3.05, 3.63) is 69.9 Å². The molecule has 0 aliphatic carbocycles. The van der Waals surface area contributed by atoms with Crippen LogP contribution in [0.3, 0.4) is 0 Å². The van der Waals surface area contributed by atoms with E-state index in [1.807, 2.05) is 36.5 Å². The third-order valence-corrected chi connectivity index (χ3v) is 6.76. The quantitative estimate of drug-likeness (QED) is 0.396. The molecular formula is C20H23ClN2S2. The smallest absolute Gasteiger partial charge is 0.0946 e. The fourth-order valence-corrected chi connectivity index (χ4v) is 5.30. The predicted octanol–water partition coefficient (Wildman–Crippen LogP) is 6.34. The lowest BCUT2D eigenvalue weighted by Gasteiger charge is -2.19. The largest absolute Gasteiger partial charge is 0.336 e. The monoisotopic (exact) mass is 390 g/mol. The van der Waals surface area contributed by atoms with Crippen LogP contribution in [0.15, 0.2) is 60.0 Å². The van der Waals surface area contributed by atoms with E-state index in [0.717, 1.165) is 30.1 Å². The minimum atomic E-state index is 0.507. The number of hydrogen-bond acceptors (Lipinski definition) is 3. The Morgan fingerprint density at radius 3 is 2.80 bits per heavy atom. The van der Waals surface area contributed by atoms with E-state index in [-0.39, 0.29) is 0 Å². The van der Waals surface area contributed by atoms with Crippen LogP contribution in [0, 0.1) is 0 Å². The van der Waals surface area contributed by atoms with Crippen molar-refractivity contribution in [1.29, 1.82) is 0 Å². The summed E-state index contributed by atoms with van der Waals surface area (Å²) < 4.78 is 3.06.